The maximum Gasteiger partial charge on any atom is 0.167 e. The van der Waals surface area contributed by atoms with Gasteiger partial charge in [-0.1, -0.05) is 23.4 Å². The van der Waals surface area contributed by atoms with Crippen molar-refractivity contribution in [2.24, 2.45) is 5.73 Å². The smallest absolute Gasteiger partial charge is 0.167 e. The minimum absolute atomic E-state index is 0. The van der Waals surface area contributed by atoms with E-state index in [4.69, 9.17) is 15.5 Å². The summed E-state index contributed by atoms with van der Waals surface area (Å²) in [7, 11) is 0. The molecule has 2 N–H and O–H groups in total. The van der Waals surface area contributed by atoms with E-state index in [9.17, 15) is 0 Å². The fourth-order valence-corrected chi connectivity index (χ4v) is 3.14. The van der Waals surface area contributed by atoms with Crippen LogP contribution in [0.3, 0.4) is 0 Å². The van der Waals surface area contributed by atoms with E-state index in [2.05, 4.69) is 21.2 Å². The molecule has 0 radical (unpaired) electrons. The molecule has 4 aromatic rings. The van der Waals surface area contributed by atoms with Gasteiger partial charge in [0.25, 0.3) is 0 Å². The summed E-state index contributed by atoms with van der Waals surface area (Å²) in [6.07, 6.45) is 2.19. The largest absolute Gasteiger partial charge is 0.356 e. The van der Waals surface area contributed by atoms with Gasteiger partial charge >= 0.3 is 0 Å². The van der Waals surface area contributed by atoms with E-state index in [-0.39, 0.29) is 24.8 Å². The highest BCUT2D eigenvalue weighted by Gasteiger charge is 2.20. The quantitative estimate of drug-likeness (QED) is 0.512. The van der Waals surface area contributed by atoms with Gasteiger partial charge in [0.15, 0.2) is 5.58 Å². The molecule has 0 aliphatic carbocycles. The summed E-state index contributed by atoms with van der Waals surface area (Å²) < 4.78 is 5.44. The van der Waals surface area contributed by atoms with Crippen molar-refractivity contribution in [2.45, 2.75) is 19.4 Å². The van der Waals surface area contributed by atoms with Crippen LogP contribution >= 0.6 is 24.8 Å². The Kier molecular flexibility index (Phi) is 7.29. The summed E-state index contributed by atoms with van der Waals surface area (Å²) in [4.78, 5) is 8.91. The van der Waals surface area contributed by atoms with Crippen molar-refractivity contribution in [1.82, 2.24) is 15.1 Å². The number of benzene rings is 1. The number of nitrogens with zero attached hydrogens (tertiary/aromatic N) is 4. The predicted octanol–water partition coefficient (Wildman–Crippen LogP) is 4.55. The van der Waals surface area contributed by atoms with E-state index in [0.29, 0.717) is 12.1 Å². The summed E-state index contributed by atoms with van der Waals surface area (Å²) in [5.41, 5.74) is 11.7. The lowest BCUT2D eigenvalue weighted by Crippen LogP contribution is -2.17. The summed E-state index contributed by atoms with van der Waals surface area (Å²) in [5.74, 6) is 0. The molecule has 0 saturated heterocycles. The summed E-state index contributed by atoms with van der Waals surface area (Å²) in [6, 6.07) is 16.8. The SMILES string of the molecule is Cc1ccc(C#N)nc1C[C@H](N)c1ncccc1-c1noc2ccccc12.Cl.Cl. The lowest BCUT2D eigenvalue weighted by molar-refractivity contribution is 0.459. The summed E-state index contributed by atoms with van der Waals surface area (Å²) >= 11 is 0. The Hall–Kier alpha value is -2.98. The minimum Gasteiger partial charge on any atom is -0.356 e. The number of hydrogen-bond acceptors (Lipinski definition) is 6. The van der Waals surface area contributed by atoms with E-state index in [1.807, 2.05) is 49.4 Å². The molecule has 0 fully saturated rings. The molecule has 4 rings (SSSR count). The van der Waals surface area contributed by atoms with E-state index >= 15 is 0 Å². The first-order chi connectivity index (χ1) is 13.2. The zero-order valence-electron chi connectivity index (χ0n) is 15.6. The van der Waals surface area contributed by atoms with Crippen LogP contribution in [0, 0.1) is 18.3 Å². The second-order valence-electron chi connectivity index (χ2n) is 6.35. The number of aromatic nitrogens is 3. The van der Waals surface area contributed by atoms with E-state index in [1.165, 1.54) is 0 Å². The number of rotatable bonds is 4. The molecule has 29 heavy (non-hydrogen) atoms. The van der Waals surface area contributed by atoms with Crippen LogP contribution in [-0.4, -0.2) is 15.1 Å². The Labute approximate surface area is 180 Å². The second-order valence-corrected chi connectivity index (χ2v) is 6.35. The highest BCUT2D eigenvalue weighted by molar-refractivity contribution is 5.92. The summed E-state index contributed by atoms with van der Waals surface area (Å²) in [5, 5.41) is 14.2. The molecule has 1 atom stereocenters. The van der Waals surface area contributed by atoms with Crippen LogP contribution < -0.4 is 5.73 Å². The average molecular weight is 428 g/mol. The van der Waals surface area contributed by atoms with Gasteiger partial charge in [0.2, 0.25) is 0 Å². The number of nitrogens with two attached hydrogens (primary N) is 1. The molecule has 3 aromatic heterocycles. The van der Waals surface area contributed by atoms with Gasteiger partial charge < -0.3 is 10.3 Å². The normalized spacial score (nSPS) is 11.2. The first kappa shape index (κ1) is 22.3. The highest BCUT2D eigenvalue weighted by atomic mass is 35.5. The number of halogens is 2. The molecule has 0 unspecified atom stereocenters. The maximum atomic E-state index is 9.10. The second kappa shape index (κ2) is 9.48. The molecular weight excluding hydrogens is 409 g/mol. The van der Waals surface area contributed by atoms with Crippen molar-refractivity contribution in [3.05, 3.63) is 77.4 Å². The first-order valence-electron chi connectivity index (χ1n) is 8.59. The van der Waals surface area contributed by atoms with Crippen LogP contribution in [-0.2, 0) is 6.42 Å². The third kappa shape index (κ3) is 4.38. The fourth-order valence-electron chi connectivity index (χ4n) is 3.14. The van der Waals surface area contributed by atoms with Gasteiger partial charge in [0, 0.05) is 29.3 Å². The number of aryl methyl sites for hydroxylation is 1. The Morgan fingerprint density at radius 2 is 1.90 bits per heavy atom. The Morgan fingerprint density at radius 3 is 2.69 bits per heavy atom. The minimum atomic E-state index is -0.392. The van der Waals surface area contributed by atoms with Gasteiger partial charge in [-0.05, 0) is 42.8 Å². The Morgan fingerprint density at radius 1 is 1.10 bits per heavy atom. The molecule has 0 amide bonds. The zero-order valence-corrected chi connectivity index (χ0v) is 17.2. The number of hydrogen-bond donors (Lipinski definition) is 1. The lowest BCUT2D eigenvalue weighted by atomic mass is 9.98. The Bertz CT molecular complexity index is 1170. The zero-order chi connectivity index (χ0) is 18.8. The third-order valence-corrected chi connectivity index (χ3v) is 4.55. The van der Waals surface area contributed by atoms with Crippen LogP contribution in [0.25, 0.3) is 22.2 Å². The van der Waals surface area contributed by atoms with E-state index in [0.717, 1.165) is 39.2 Å². The van der Waals surface area contributed by atoms with Crippen molar-refractivity contribution in [3.8, 4) is 17.3 Å². The van der Waals surface area contributed by atoms with Gasteiger partial charge in [-0.15, -0.1) is 24.8 Å². The fraction of sp³-hybridized carbons (Fsp3) is 0.143. The molecule has 148 valence electrons. The molecular formula is C21H19Cl2N5O. The van der Waals surface area contributed by atoms with Gasteiger partial charge in [0.05, 0.1) is 11.7 Å². The summed E-state index contributed by atoms with van der Waals surface area (Å²) in [6.45, 7) is 1.96. The third-order valence-electron chi connectivity index (χ3n) is 4.55. The number of fused-ring (bicyclic) bond motifs is 1. The van der Waals surface area contributed by atoms with Crippen LogP contribution in [0.5, 0.6) is 0 Å². The number of pyridine rings is 2. The van der Waals surface area contributed by atoms with Crippen molar-refractivity contribution < 1.29 is 4.52 Å². The Balaban J connectivity index is 0.00000150. The van der Waals surface area contributed by atoms with E-state index in [1.54, 1.807) is 12.3 Å². The number of para-hydroxylation sites is 1. The highest BCUT2D eigenvalue weighted by Crippen LogP contribution is 2.32. The molecule has 8 heteroatoms. The standard InChI is InChI=1S/C21H17N5O.2ClH/c1-13-8-9-14(12-22)25-18(13)11-17(23)21-16(6-4-10-24-21)20-15-5-2-3-7-19(15)27-26-20;;/h2-10,17H,11,23H2,1H3;2*1H/t17-;;/m0../s1. The van der Waals surface area contributed by atoms with Crippen LogP contribution in [0.1, 0.15) is 28.7 Å². The molecule has 0 aliphatic heterocycles. The molecule has 1 aromatic carbocycles. The molecule has 0 bridgehead atoms. The molecule has 6 nitrogen and oxygen atoms in total. The monoisotopic (exact) mass is 427 g/mol. The van der Waals surface area contributed by atoms with Crippen molar-refractivity contribution >= 4 is 35.8 Å². The molecule has 0 aliphatic rings. The van der Waals surface area contributed by atoms with Gasteiger partial charge in [0.1, 0.15) is 17.5 Å². The predicted molar refractivity (Wildman–Crippen MR) is 116 cm³/mol. The van der Waals surface area contributed by atoms with Gasteiger partial charge in [-0.2, -0.15) is 5.26 Å². The first-order valence-corrected chi connectivity index (χ1v) is 8.59. The van der Waals surface area contributed by atoms with Gasteiger partial charge in [-0.3, -0.25) is 4.98 Å². The molecule has 3 heterocycles. The van der Waals surface area contributed by atoms with Crippen LogP contribution in [0.4, 0.5) is 0 Å². The molecule has 0 spiro atoms. The number of nitriles is 1. The van der Waals surface area contributed by atoms with E-state index < -0.39 is 6.04 Å². The van der Waals surface area contributed by atoms with Crippen LogP contribution in [0.15, 0.2) is 59.3 Å². The van der Waals surface area contributed by atoms with Crippen molar-refractivity contribution in [3.63, 3.8) is 0 Å². The van der Waals surface area contributed by atoms with Crippen molar-refractivity contribution in [1.29, 1.82) is 5.26 Å². The topological polar surface area (TPSA) is 102 Å². The molecule has 0 saturated carbocycles. The van der Waals surface area contributed by atoms with Crippen LogP contribution in [0.2, 0.25) is 0 Å². The van der Waals surface area contributed by atoms with Crippen molar-refractivity contribution in [2.75, 3.05) is 0 Å². The van der Waals surface area contributed by atoms with Gasteiger partial charge in [-0.25, -0.2) is 4.98 Å². The average Bonchev–Trinajstić information content (AvgIpc) is 3.13. The maximum absolute atomic E-state index is 9.10. The lowest BCUT2D eigenvalue weighted by Gasteiger charge is -2.15.